The molecule has 4 heteroatoms. The average molecular weight is 301 g/mol. The van der Waals surface area contributed by atoms with Crippen LogP contribution in [0.15, 0.2) is 48.5 Å². The largest absolute Gasteiger partial charge is 0.351 e. The summed E-state index contributed by atoms with van der Waals surface area (Å²) < 4.78 is 0. The summed E-state index contributed by atoms with van der Waals surface area (Å²) in [5.74, 6) is 0.0180. The second-order valence-electron chi connectivity index (χ2n) is 5.22. The molecule has 0 aromatic heterocycles. The zero-order valence-electron chi connectivity index (χ0n) is 11.6. The summed E-state index contributed by atoms with van der Waals surface area (Å²) in [6.07, 6.45) is 0.727. The molecule has 3 rings (SSSR count). The van der Waals surface area contributed by atoms with Crippen molar-refractivity contribution in [3.8, 4) is 0 Å². The van der Waals surface area contributed by atoms with Gasteiger partial charge in [-0.3, -0.25) is 4.79 Å². The molecule has 21 heavy (non-hydrogen) atoms. The Balaban J connectivity index is 1.61. The normalized spacial score (nSPS) is 17.1. The molecule has 0 radical (unpaired) electrons. The van der Waals surface area contributed by atoms with Crippen LogP contribution in [0.25, 0.3) is 0 Å². The fraction of sp³-hybridized carbons (Fsp3) is 0.235. The zero-order chi connectivity index (χ0) is 14.7. The maximum atomic E-state index is 12.3. The van der Waals surface area contributed by atoms with Crippen molar-refractivity contribution in [1.82, 2.24) is 10.6 Å². The number of benzene rings is 2. The van der Waals surface area contributed by atoms with E-state index < -0.39 is 0 Å². The van der Waals surface area contributed by atoms with Gasteiger partial charge >= 0.3 is 0 Å². The van der Waals surface area contributed by atoms with E-state index in [1.54, 1.807) is 0 Å². The third-order valence-electron chi connectivity index (χ3n) is 3.81. The van der Waals surface area contributed by atoms with Gasteiger partial charge in [-0.25, -0.2) is 0 Å². The van der Waals surface area contributed by atoms with Gasteiger partial charge in [0.25, 0.3) is 0 Å². The predicted molar refractivity (Wildman–Crippen MR) is 84.1 cm³/mol. The lowest BCUT2D eigenvalue weighted by Crippen LogP contribution is -2.47. The zero-order valence-corrected chi connectivity index (χ0v) is 12.4. The maximum absolute atomic E-state index is 12.3. The average Bonchev–Trinajstić information content (AvgIpc) is 2.53. The van der Waals surface area contributed by atoms with E-state index in [-0.39, 0.29) is 11.9 Å². The molecule has 0 fully saturated rings. The Morgan fingerprint density at radius 2 is 1.86 bits per heavy atom. The quantitative estimate of drug-likeness (QED) is 0.915. The van der Waals surface area contributed by atoms with Crippen LogP contribution in [-0.4, -0.2) is 11.9 Å². The molecule has 0 bridgehead atoms. The van der Waals surface area contributed by atoms with Gasteiger partial charge in [0, 0.05) is 18.1 Å². The molecule has 1 aliphatic heterocycles. The molecule has 1 atom stereocenters. The van der Waals surface area contributed by atoms with Gasteiger partial charge in [-0.15, -0.1) is 0 Å². The number of fused-ring (bicyclic) bond motifs is 1. The van der Waals surface area contributed by atoms with Crippen LogP contribution >= 0.6 is 11.6 Å². The highest BCUT2D eigenvalue weighted by atomic mass is 35.5. The molecule has 1 aliphatic rings. The Kier molecular flexibility index (Phi) is 4.23. The van der Waals surface area contributed by atoms with Gasteiger partial charge in [0.15, 0.2) is 0 Å². The first-order valence-corrected chi connectivity index (χ1v) is 7.43. The molecule has 2 aromatic rings. The van der Waals surface area contributed by atoms with Crippen molar-refractivity contribution in [3.05, 3.63) is 70.2 Å². The smallest absolute Gasteiger partial charge is 0.237 e. The minimum absolute atomic E-state index is 0.0180. The molecular formula is C17H17ClN2O. The van der Waals surface area contributed by atoms with E-state index in [1.165, 1.54) is 11.1 Å². The first kappa shape index (κ1) is 14.1. The second-order valence-corrected chi connectivity index (χ2v) is 5.62. The molecule has 1 heterocycles. The number of carbonyl (C=O) groups is 1. The predicted octanol–water partition coefficient (Wildman–Crippen LogP) is 2.67. The molecular weight excluding hydrogens is 284 g/mol. The Labute approximate surface area is 129 Å². The summed E-state index contributed by atoms with van der Waals surface area (Å²) in [6, 6.07) is 15.6. The van der Waals surface area contributed by atoms with Crippen molar-refractivity contribution in [2.45, 2.75) is 25.6 Å². The highest BCUT2D eigenvalue weighted by Crippen LogP contribution is 2.17. The van der Waals surface area contributed by atoms with Crippen LogP contribution in [0.5, 0.6) is 0 Å². The number of nitrogens with one attached hydrogen (secondary N) is 2. The maximum Gasteiger partial charge on any atom is 0.237 e. The first-order chi connectivity index (χ1) is 10.2. The number of hydrogen-bond donors (Lipinski definition) is 2. The van der Waals surface area contributed by atoms with Gasteiger partial charge in [-0.2, -0.15) is 0 Å². The first-order valence-electron chi connectivity index (χ1n) is 7.05. The van der Waals surface area contributed by atoms with Gasteiger partial charge in [0.1, 0.15) is 0 Å². The van der Waals surface area contributed by atoms with E-state index in [9.17, 15) is 4.79 Å². The standard InChI is InChI=1S/C17H17ClN2O/c18-15-8-4-3-7-14(15)11-20-17(21)16-9-12-5-1-2-6-13(12)10-19-16/h1-8,16,19H,9-11H2,(H,20,21)/t16-/m0/s1. The Bertz CT molecular complexity index is 657. The molecule has 3 nitrogen and oxygen atoms in total. The second kappa shape index (κ2) is 6.29. The third-order valence-corrected chi connectivity index (χ3v) is 4.18. The van der Waals surface area contributed by atoms with Crippen LogP contribution in [0.3, 0.4) is 0 Å². The molecule has 1 amide bonds. The topological polar surface area (TPSA) is 41.1 Å². The molecule has 108 valence electrons. The number of halogens is 1. The molecule has 2 N–H and O–H groups in total. The lowest BCUT2D eigenvalue weighted by Gasteiger charge is -2.25. The molecule has 2 aromatic carbocycles. The van der Waals surface area contributed by atoms with Crippen LogP contribution in [0, 0.1) is 0 Å². The Morgan fingerprint density at radius 1 is 1.14 bits per heavy atom. The van der Waals surface area contributed by atoms with E-state index in [1.807, 2.05) is 36.4 Å². The number of carbonyl (C=O) groups excluding carboxylic acids is 1. The van der Waals surface area contributed by atoms with Gasteiger partial charge < -0.3 is 10.6 Å². The molecule has 0 spiro atoms. The molecule has 0 saturated carbocycles. The summed E-state index contributed by atoms with van der Waals surface area (Å²) in [5, 5.41) is 6.92. The minimum atomic E-state index is -0.178. The van der Waals surface area contributed by atoms with Crippen molar-refractivity contribution in [1.29, 1.82) is 0 Å². The van der Waals surface area contributed by atoms with Crippen molar-refractivity contribution in [2.24, 2.45) is 0 Å². The number of rotatable bonds is 3. The SMILES string of the molecule is O=C(NCc1ccccc1Cl)[C@@H]1Cc2ccccc2CN1. The number of amides is 1. The van der Waals surface area contributed by atoms with Crippen LogP contribution in [0.4, 0.5) is 0 Å². The van der Waals surface area contributed by atoms with E-state index in [2.05, 4.69) is 22.8 Å². The summed E-state index contributed by atoms with van der Waals surface area (Å²) in [5.41, 5.74) is 3.45. The van der Waals surface area contributed by atoms with Gasteiger partial charge in [-0.1, -0.05) is 54.1 Å². The highest BCUT2D eigenvalue weighted by molar-refractivity contribution is 6.31. The summed E-state index contributed by atoms with van der Waals surface area (Å²) in [4.78, 5) is 12.3. The molecule has 0 aliphatic carbocycles. The molecule has 0 unspecified atom stereocenters. The summed E-state index contributed by atoms with van der Waals surface area (Å²) >= 11 is 6.09. The van der Waals surface area contributed by atoms with E-state index in [0.717, 1.165) is 18.5 Å². The van der Waals surface area contributed by atoms with Gasteiger partial charge in [0.2, 0.25) is 5.91 Å². The third kappa shape index (κ3) is 3.26. The van der Waals surface area contributed by atoms with Gasteiger partial charge in [-0.05, 0) is 29.2 Å². The van der Waals surface area contributed by atoms with E-state index in [0.29, 0.717) is 11.6 Å². The fourth-order valence-corrected chi connectivity index (χ4v) is 2.79. The van der Waals surface area contributed by atoms with Crippen LogP contribution < -0.4 is 10.6 Å². The summed E-state index contributed by atoms with van der Waals surface area (Å²) in [6.45, 7) is 1.19. The van der Waals surface area contributed by atoms with Gasteiger partial charge in [0.05, 0.1) is 6.04 Å². The highest BCUT2D eigenvalue weighted by Gasteiger charge is 2.23. The van der Waals surface area contributed by atoms with E-state index >= 15 is 0 Å². The summed E-state index contributed by atoms with van der Waals surface area (Å²) in [7, 11) is 0. The van der Waals surface area contributed by atoms with Crippen LogP contribution in [0.2, 0.25) is 5.02 Å². The monoisotopic (exact) mass is 300 g/mol. The Morgan fingerprint density at radius 3 is 2.67 bits per heavy atom. The lowest BCUT2D eigenvalue weighted by molar-refractivity contribution is -0.123. The van der Waals surface area contributed by atoms with Crippen LogP contribution in [0.1, 0.15) is 16.7 Å². The fourth-order valence-electron chi connectivity index (χ4n) is 2.59. The van der Waals surface area contributed by atoms with Crippen molar-refractivity contribution >= 4 is 17.5 Å². The minimum Gasteiger partial charge on any atom is -0.351 e. The van der Waals surface area contributed by atoms with Crippen molar-refractivity contribution in [2.75, 3.05) is 0 Å². The molecule has 0 saturated heterocycles. The number of hydrogen-bond acceptors (Lipinski definition) is 2. The van der Waals surface area contributed by atoms with Crippen molar-refractivity contribution < 1.29 is 4.79 Å². The van der Waals surface area contributed by atoms with E-state index in [4.69, 9.17) is 11.6 Å². The Hall–Kier alpha value is -1.84. The van der Waals surface area contributed by atoms with Crippen molar-refractivity contribution in [3.63, 3.8) is 0 Å². The van der Waals surface area contributed by atoms with Crippen LogP contribution in [-0.2, 0) is 24.3 Å². The lowest BCUT2D eigenvalue weighted by atomic mass is 9.95.